The number of amides is 1. The standard InChI is InChI=1S/C29H34FN3O5S3/c30-24-13-14-26-23(21-24)15-17-32(26)18-16-31-29(34)27(20-22-8-3-1-4-9-22)33(41(37,38)28-12-7-19-39-28)40(35,36)25-10-5-2-6-11-25/h2,5-7,10-14,19,21-22,27H,1,3-4,8-9,15-18,20H2,(H,31,34)/t27-/m0/s1. The fourth-order valence-electron chi connectivity index (χ4n) is 5.79. The number of thiophene rings is 1. The van der Waals surface area contributed by atoms with Crippen LogP contribution in [0.1, 0.15) is 44.1 Å². The molecule has 0 spiro atoms. The first-order chi connectivity index (χ1) is 19.7. The second-order valence-corrected chi connectivity index (χ2v) is 15.6. The highest BCUT2D eigenvalue weighted by Gasteiger charge is 2.46. The van der Waals surface area contributed by atoms with Gasteiger partial charge < -0.3 is 10.2 Å². The fourth-order valence-corrected chi connectivity index (χ4v) is 11.0. The maximum Gasteiger partial charge on any atom is 0.266 e. The number of fused-ring (bicyclic) bond motifs is 1. The van der Waals surface area contributed by atoms with Crippen molar-refractivity contribution in [3.63, 3.8) is 0 Å². The molecule has 220 valence electrons. The van der Waals surface area contributed by atoms with E-state index in [9.17, 15) is 26.0 Å². The first kappa shape index (κ1) is 29.7. The molecule has 1 atom stereocenters. The quantitative estimate of drug-likeness (QED) is 0.331. The molecule has 0 bridgehead atoms. The SMILES string of the molecule is O=C(NCCN1CCc2cc(F)ccc21)[C@H](CC1CCCCC1)N(S(=O)(=O)c1ccccc1)S(=O)(=O)c1cccs1. The highest BCUT2D eigenvalue weighted by molar-refractivity contribution is 8.05. The van der Waals surface area contributed by atoms with Gasteiger partial charge in [0.2, 0.25) is 5.91 Å². The van der Waals surface area contributed by atoms with Crippen molar-refractivity contribution in [2.24, 2.45) is 5.92 Å². The summed E-state index contributed by atoms with van der Waals surface area (Å²) < 4.78 is 70.0. The average molecular weight is 620 g/mol. The van der Waals surface area contributed by atoms with Crippen LogP contribution in [-0.2, 0) is 31.3 Å². The number of rotatable bonds is 11. The zero-order chi connectivity index (χ0) is 29.0. The number of halogens is 1. The summed E-state index contributed by atoms with van der Waals surface area (Å²) in [6.07, 6.45) is 5.39. The predicted octanol–water partition coefficient (Wildman–Crippen LogP) is 4.78. The molecule has 2 heterocycles. The van der Waals surface area contributed by atoms with Crippen LogP contribution in [0.2, 0.25) is 0 Å². The summed E-state index contributed by atoms with van der Waals surface area (Å²) in [5.74, 6) is -0.920. The number of hydrogen-bond donors (Lipinski definition) is 1. The summed E-state index contributed by atoms with van der Waals surface area (Å²) >= 11 is 0.915. The number of sulfonamides is 2. The van der Waals surface area contributed by atoms with Crippen LogP contribution in [-0.4, -0.2) is 52.1 Å². The Bertz CT molecular complexity index is 1560. The van der Waals surface area contributed by atoms with E-state index in [0.717, 1.165) is 54.7 Å². The van der Waals surface area contributed by atoms with Crippen molar-refractivity contribution in [3.05, 3.63) is 77.4 Å². The number of carbonyl (C=O) groups is 1. The minimum absolute atomic E-state index is 0.0202. The number of carbonyl (C=O) groups excluding carboxylic acids is 1. The van der Waals surface area contributed by atoms with Crippen molar-refractivity contribution in [1.29, 1.82) is 0 Å². The van der Waals surface area contributed by atoms with Crippen LogP contribution in [0.3, 0.4) is 0 Å². The lowest BCUT2D eigenvalue weighted by Crippen LogP contribution is -2.53. The minimum Gasteiger partial charge on any atom is -0.369 e. The van der Waals surface area contributed by atoms with E-state index in [1.165, 1.54) is 42.5 Å². The molecular formula is C29H34FN3O5S3. The largest absolute Gasteiger partial charge is 0.369 e. The summed E-state index contributed by atoms with van der Waals surface area (Å²) in [5.41, 5.74) is 1.79. The van der Waals surface area contributed by atoms with Gasteiger partial charge in [0.25, 0.3) is 20.0 Å². The van der Waals surface area contributed by atoms with Gasteiger partial charge in [-0.2, -0.15) is 0 Å². The van der Waals surface area contributed by atoms with Crippen molar-refractivity contribution in [1.82, 2.24) is 9.03 Å². The lowest BCUT2D eigenvalue weighted by molar-refractivity contribution is -0.124. The van der Waals surface area contributed by atoms with E-state index in [0.29, 0.717) is 23.2 Å². The van der Waals surface area contributed by atoms with Gasteiger partial charge in [-0.05, 0) is 66.1 Å². The topological polar surface area (TPSA) is 104 Å². The predicted molar refractivity (Wildman–Crippen MR) is 157 cm³/mol. The zero-order valence-electron chi connectivity index (χ0n) is 22.6. The second-order valence-electron chi connectivity index (χ2n) is 10.5. The van der Waals surface area contributed by atoms with Crippen molar-refractivity contribution in [3.8, 4) is 0 Å². The summed E-state index contributed by atoms with van der Waals surface area (Å²) in [7, 11) is -9.21. The summed E-state index contributed by atoms with van der Waals surface area (Å²) in [6.45, 7) is 1.26. The van der Waals surface area contributed by atoms with E-state index in [2.05, 4.69) is 5.32 Å². The van der Waals surface area contributed by atoms with Gasteiger partial charge in [-0.15, -0.1) is 11.3 Å². The van der Waals surface area contributed by atoms with Gasteiger partial charge in [0.15, 0.2) is 0 Å². The maximum absolute atomic E-state index is 14.0. The Kier molecular flexibility index (Phi) is 9.12. The number of anilines is 1. The first-order valence-electron chi connectivity index (χ1n) is 13.9. The Morgan fingerprint density at radius 3 is 2.46 bits per heavy atom. The molecule has 41 heavy (non-hydrogen) atoms. The molecule has 0 unspecified atom stereocenters. The molecule has 1 aliphatic heterocycles. The van der Waals surface area contributed by atoms with Gasteiger partial charge in [0.1, 0.15) is 16.1 Å². The zero-order valence-corrected chi connectivity index (χ0v) is 25.1. The van der Waals surface area contributed by atoms with Crippen molar-refractivity contribution >= 4 is 43.0 Å². The Morgan fingerprint density at radius 2 is 1.76 bits per heavy atom. The van der Waals surface area contributed by atoms with E-state index in [-0.39, 0.29) is 33.8 Å². The Labute approximate surface area is 245 Å². The third-order valence-electron chi connectivity index (χ3n) is 7.82. The monoisotopic (exact) mass is 619 g/mol. The lowest BCUT2D eigenvalue weighted by atomic mass is 9.85. The number of benzene rings is 2. The molecule has 0 radical (unpaired) electrons. The summed E-state index contributed by atoms with van der Waals surface area (Å²) in [6, 6.07) is 13.5. The molecule has 1 aliphatic carbocycles. The molecular weight excluding hydrogens is 586 g/mol. The maximum atomic E-state index is 14.0. The Morgan fingerprint density at radius 1 is 1.00 bits per heavy atom. The number of hydrogen-bond acceptors (Lipinski definition) is 7. The number of nitrogens with zero attached hydrogens (tertiary/aromatic N) is 2. The molecule has 5 rings (SSSR count). The molecule has 1 N–H and O–H groups in total. The highest BCUT2D eigenvalue weighted by Crippen LogP contribution is 2.35. The Balaban J connectivity index is 1.45. The van der Waals surface area contributed by atoms with E-state index < -0.39 is 32.0 Å². The molecule has 0 saturated heterocycles. The molecule has 1 amide bonds. The minimum atomic E-state index is -4.62. The van der Waals surface area contributed by atoms with E-state index >= 15 is 0 Å². The van der Waals surface area contributed by atoms with Gasteiger partial charge in [-0.1, -0.05) is 60.1 Å². The van der Waals surface area contributed by atoms with Crippen LogP contribution in [0.15, 0.2) is 75.1 Å². The molecule has 8 nitrogen and oxygen atoms in total. The fraction of sp³-hybridized carbons (Fsp3) is 0.414. The smallest absolute Gasteiger partial charge is 0.266 e. The molecule has 1 saturated carbocycles. The molecule has 1 fully saturated rings. The van der Waals surface area contributed by atoms with Crippen molar-refractivity contribution < 1.29 is 26.0 Å². The Hall–Kier alpha value is -2.80. The summed E-state index contributed by atoms with van der Waals surface area (Å²) in [4.78, 5) is 15.7. The van der Waals surface area contributed by atoms with Crippen LogP contribution >= 0.6 is 11.3 Å². The summed E-state index contributed by atoms with van der Waals surface area (Å²) in [5, 5.41) is 4.41. The van der Waals surface area contributed by atoms with E-state index in [1.807, 2.05) is 4.90 Å². The van der Waals surface area contributed by atoms with Crippen LogP contribution in [0, 0.1) is 11.7 Å². The van der Waals surface area contributed by atoms with Gasteiger partial charge in [-0.3, -0.25) is 4.79 Å². The van der Waals surface area contributed by atoms with E-state index in [4.69, 9.17) is 0 Å². The van der Waals surface area contributed by atoms with Gasteiger partial charge in [-0.25, -0.2) is 21.2 Å². The van der Waals surface area contributed by atoms with Gasteiger partial charge >= 0.3 is 0 Å². The molecule has 3 aromatic rings. The van der Waals surface area contributed by atoms with Gasteiger partial charge in [0.05, 0.1) is 4.90 Å². The van der Waals surface area contributed by atoms with Crippen LogP contribution in [0.5, 0.6) is 0 Å². The van der Waals surface area contributed by atoms with Crippen LogP contribution < -0.4 is 10.2 Å². The van der Waals surface area contributed by atoms with Gasteiger partial charge in [0, 0.05) is 25.3 Å². The average Bonchev–Trinajstić information content (AvgIpc) is 3.65. The lowest BCUT2D eigenvalue weighted by Gasteiger charge is -2.32. The second kappa shape index (κ2) is 12.6. The van der Waals surface area contributed by atoms with Crippen LogP contribution in [0.4, 0.5) is 10.1 Å². The van der Waals surface area contributed by atoms with Crippen LogP contribution in [0.25, 0.3) is 0 Å². The third-order valence-corrected chi connectivity index (χ3v) is 13.5. The van der Waals surface area contributed by atoms with E-state index in [1.54, 1.807) is 23.6 Å². The third kappa shape index (κ3) is 6.50. The molecule has 1 aromatic heterocycles. The molecule has 2 aliphatic rings. The molecule has 2 aromatic carbocycles. The highest BCUT2D eigenvalue weighted by atomic mass is 32.3. The normalized spacial score (nSPS) is 17.0. The molecule has 12 heteroatoms. The van der Waals surface area contributed by atoms with Crippen molar-refractivity contribution in [2.75, 3.05) is 24.5 Å². The van der Waals surface area contributed by atoms with Crippen molar-refractivity contribution in [2.45, 2.75) is 60.1 Å². The first-order valence-corrected chi connectivity index (χ1v) is 17.6. The number of nitrogens with one attached hydrogen (secondary N) is 1.